The van der Waals surface area contributed by atoms with Crippen LogP contribution >= 0.6 is 0 Å². The molecule has 7 nitrogen and oxygen atoms in total. The first-order valence-electron chi connectivity index (χ1n) is 10.1. The Hall–Kier alpha value is -2.57. The number of carbonyl (C=O) groups is 2. The summed E-state index contributed by atoms with van der Waals surface area (Å²) in [5.74, 6) is 0.620. The lowest BCUT2D eigenvalue weighted by atomic mass is 10.1. The Morgan fingerprint density at radius 1 is 1.07 bits per heavy atom. The highest BCUT2D eigenvalue weighted by Gasteiger charge is 2.51. The molecule has 1 aromatic rings. The van der Waals surface area contributed by atoms with Crippen molar-refractivity contribution in [1.29, 1.82) is 0 Å². The second kappa shape index (κ2) is 8.63. The molecule has 0 bridgehead atoms. The molecule has 0 radical (unpaired) electrons. The smallest absolute Gasteiger partial charge is 0.328 e. The zero-order valence-electron chi connectivity index (χ0n) is 17.3. The number of benzene rings is 1. The second-order valence-corrected chi connectivity index (χ2v) is 7.67. The number of guanidine groups is 1. The third-order valence-electron chi connectivity index (χ3n) is 5.55. The summed E-state index contributed by atoms with van der Waals surface area (Å²) in [6, 6.07) is 9.47. The van der Waals surface area contributed by atoms with E-state index in [1.165, 1.54) is 23.3 Å². The Morgan fingerprint density at radius 2 is 1.79 bits per heavy atom. The SMILES string of the molecule is CCCCCCN1C(N(C)Cc2ccccc2)=NC2C1C(=O)N(C)C(=O)N2C. The maximum atomic E-state index is 12.9. The van der Waals surface area contributed by atoms with Gasteiger partial charge >= 0.3 is 6.03 Å². The van der Waals surface area contributed by atoms with Gasteiger partial charge in [0.1, 0.15) is 0 Å². The van der Waals surface area contributed by atoms with E-state index in [1.807, 2.05) is 25.2 Å². The van der Waals surface area contributed by atoms with Gasteiger partial charge in [-0.25, -0.2) is 9.79 Å². The van der Waals surface area contributed by atoms with Crippen LogP contribution < -0.4 is 0 Å². The molecule has 2 unspecified atom stereocenters. The molecule has 28 heavy (non-hydrogen) atoms. The first kappa shape index (κ1) is 20.2. The summed E-state index contributed by atoms with van der Waals surface area (Å²) in [5.41, 5.74) is 1.18. The van der Waals surface area contributed by atoms with Gasteiger partial charge in [0.05, 0.1) is 0 Å². The Kier molecular flexibility index (Phi) is 6.21. The molecular formula is C21H31N5O2. The van der Waals surface area contributed by atoms with Gasteiger partial charge in [-0.15, -0.1) is 0 Å². The molecule has 2 aliphatic heterocycles. The van der Waals surface area contributed by atoms with E-state index in [2.05, 4.69) is 28.9 Å². The van der Waals surface area contributed by atoms with Gasteiger partial charge in [0.25, 0.3) is 5.91 Å². The molecule has 0 saturated carbocycles. The topological polar surface area (TPSA) is 59.5 Å². The number of urea groups is 1. The Morgan fingerprint density at radius 3 is 2.46 bits per heavy atom. The third kappa shape index (κ3) is 3.84. The molecular weight excluding hydrogens is 354 g/mol. The molecule has 0 N–H and O–H groups in total. The number of hydrogen-bond acceptors (Lipinski definition) is 5. The van der Waals surface area contributed by atoms with Crippen LogP contribution in [-0.4, -0.2) is 77.4 Å². The van der Waals surface area contributed by atoms with Crippen molar-refractivity contribution in [2.75, 3.05) is 27.7 Å². The molecule has 2 heterocycles. The second-order valence-electron chi connectivity index (χ2n) is 7.67. The summed E-state index contributed by atoms with van der Waals surface area (Å²) >= 11 is 0. The van der Waals surface area contributed by atoms with Crippen molar-refractivity contribution in [3.05, 3.63) is 35.9 Å². The van der Waals surface area contributed by atoms with Gasteiger partial charge in [-0.1, -0.05) is 56.5 Å². The molecule has 2 atom stereocenters. The van der Waals surface area contributed by atoms with E-state index >= 15 is 0 Å². The van der Waals surface area contributed by atoms with E-state index in [-0.39, 0.29) is 11.9 Å². The monoisotopic (exact) mass is 385 g/mol. The van der Waals surface area contributed by atoms with E-state index in [9.17, 15) is 9.59 Å². The summed E-state index contributed by atoms with van der Waals surface area (Å²) in [7, 11) is 5.28. The minimum absolute atomic E-state index is 0.171. The first-order chi connectivity index (χ1) is 13.5. The van der Waals surface area contributed by atoms with Crippen molar-refractivity contribution >= 4 is 17.9 Å². The van der Waals surface area contributed by atoms with Crippen molar-refractivity contribution < 1.29 is 9.59 Å². The van der Waals surface area contributed by atoms with Gasteiger partial charge < -0.3 is 14.7 Å². The fraction of sp³-hybridized carbons (Fsp3) is 0.571. The average Bonchev–Trinajstić information content (AvgIpc) is 3.08. The Bertz CT molecular complexity index is 736. The van der Waals surface area contributed by atoms with Crippen molar-refractivity contribution in [3.63, 3.8) is 0 Å². The quantitative estimate of drug-likeness (QED) is 0.677. The molecule has 0 spiro atoms. The Labute approximate surface area is 167 Å². The maximum Gasteiger partial charge on any atom is 0.328 e. The minimum atomic E-state index is -0.462. The number of nitrogens with zero attached hydrogens (tertiary/aromatic N) is 5. The fourth-order valence-corrected chi connectivity index (χ4v) is 3.94. The number of aliphatic imine (C=N–C) groups is 1. The number of rotatable bonds is 7. The lowest BCUT2D eigenvalue weighted by Crippen LogP contribution is -2.64. The molecule has 7 heteroatoms. The van der Waals surface area contributed by atoms with E-state index in [0.29, 0.717) is 6.54 Å². The fourth-order valence-electron chi connectivity index (χ4n) is 3.94. The van der Waals surface area contributed by atoms with Gasteiger partial charge in [0.2, 0.25) is 0 Å². The van der Waals surface area contributed by atoms with Crippen LogP contribution in [0.15, 0.2) is 35.3 Å². The van der Waals surface area contributed by atoms with Crippen LogP contribution in [-0.2, 0) is 11.3 Å². The van der Waals surface area contributed by atoms with E-state index < -0.39 is 12.2 Å². The van der Waals surface area contributed by atoms with Gasteiger partial charge in [-0.2, -0.15) is 0 Å². The number of hydrogen-bond donors (Lipinski definition) is 0. The minimum Gasteiger partial charge on any atom is -0.341 e. The molecule has 1 fully saturated rings. The molecule has 3 rings (SSSR count). The van der Waals surface area contributed by atoms with Crippen LogP contribution in [0, 0.1) is 0 Å². The first-order valence-corrected chi connectivity index (χ1v) is 10.1. The van der Waals surface area contributed by atoms with Crippen molar-refractivity contribution in [2.45, 2.75) is 51.4 Å². The summed E-state index contributed by atoms with van der Waals surface area (Å²) in [6.45, 7) is 3.65. The van der Waals surface area contributed by atoms with Crippen molar-refractivity contribution in [3.8, 4) is 0 Å². The average molecular weight is 386 g/mol. The highest BCUT2D eigenvalue weighted by molar-refractivity contribution is 6.03. The molecule has 2 aliphatic rings. The summed E-state index contributed by atoms with van der Waals surface area (Å²) in [5, 5.41) is 0. The number of likely N-dealkylation sites (N-methyl/N-ethyl adjacent to an activating group) is 2. The highest BCUT2D eigenvalue weighted by atomic mass is 16.2. The van der Waals surface area contributed by atoms with Crippen LogP contribution in [0.2, 0.25) is 0 Å². The number of fused-ring (bicyclic) bond motifs is 1. The lowest BCUT2D eigenvalue weighted by molar-refractivity contribution is -0.136. The van der Waals surface area contributed by atoms with Crippen LogP contribution in [0.25, 0.3) is 0 Å². The summed E-state index contributed by atoms with van der Waals surface area (Å²) < 4.78 is 0. The van der Waals surface area contributed by atoms with Gasteiger partial charge in [0, 0.05) is 34.2 Å². The van der Waals surface area contributed by atoms with Crippen LogP contribution in [0.4, 0.5) is 4.79 Å². The lowest BCUT2D eigenvalue weighted by Gasteiger charge is -2.40. The van der Waals surface area contributed by atoms with E-state index in [1.54, 1.807) is 19.0 Å². The predicted octanol–water partition coefficient (Wildman–Crippen LogP) is 2.59. The Balaban J connectivity index is 1.84. The van der Waals surface area contributed by atoms with Gasteiger partial charge in [-0.3, -0.25) is 9.69 Å². The predicted molar refractivity (Wildman–Crippen MR) is 110 cm³/mol. The summed E-state index contributed by atoms with van der Waals surface area (Å²) in [4.78, 5) is 37.1. The molecule has 0 aliphatic carbocycles. The van der Waals surface area contributed by atoms with Crippen molar-refractivity contribution in [1.82, 2.24) is 19.6 Å². The van der Waals surface area contributed by atoms with E-state index in [4.69, 9.17) is 4.99 Å². The number of imide groups is 1. The molecule has 1 saturated heterocycles. The zero-order chi connectivity index (χ0) is 20.3. The normalized spacial score (nSPS) is 21.9. The van der Waals surface area contributed by atoms with Gasteiger partial charge in [-0.05, 0) is 12.0 Å². The zero-order valence-corrected chi connectivity index (χ0v) is 17.3. The third-order valence-corrected chi connectivity index (χ3v) is 5.55. The molecule has 3 amide bonds. The van der Waals surface area contributed by atoms with Crippen LogP contribution in [0.3, 0.4) is 0 Å². The van der Waals surface area contributed by atoms with Crippen molar-refractivity contribution in [2.24, 2.45) is 4.99 Å². The standard InChI is InChI=1S/C21H31N5O2/c1-5-6-7-11-14-26-17-18(24(3)21(28)25(4)19(17)27)22-20(26)23(2)15-16-12-9-8-10-13-16/h8-10,12-13,17-18H,5-7,11,14-15H2,1-4H3. The van der Waals surface area contributed by atoms with Crippen LogP contribution in [0.5, 0.6) is 0 Å². The van der Waals surface area contributed by atoms with Gasteiger partial charge in [0.15, 0.2) is 18.2 Å². The van der Waals surface area contributed by atoms with E-state index in [0.717, 1.165) is 25.3 Å². The van der Waals surface area contributed by atoms with Crippen LogP contribution in [0.1, 0.15) is 38.2 Å². The highest BCUT2D eigenvalue weighted by Crippen LogP contribution is 2.28. The number of unbranched alkanes of at least 4 members (excludes halogenated alkanes) is 3. The number of carbonyl (C=O) groups excluding carboxylic acids is 2. The summed E-state index contributed by atoms with van der Waals surface area (Å²) in [6.07, 6.45) is 4.01. The number of amides is 3. The maximum absolute atomic E-state index is 12.9. The molecule has 152 valence electrons. The largest absolute Gasteiger partial charge is 0.341 e. The molecule has 0 aromatic heterocycles. The molecule has 1 aromatic carbocycles.